The van der Waals surface area contributed by atoms with E-state index in [-0.39, 0.29) is 5.56 Å². The van der Waals surface area contributed by atoms with Crippen molar-refractivity contribution in [2.75, 3.05) is 43.1 Å². The van der Waals surface area contributed by atoms with Crippen LogP contribution in [0.5, 0.6) is 0 Å². The molecule has 5 rings (SSSR count). The Hall–Kier alpha value is -3.61. The summed E-state index contributed by atoms with van der Waals surface area (Å²) in [5, 5.41) is 12.2. The van der Waals surface area contributed by atoms with Crippen molar-refractivity contribution in [1.82, 2.24) is 19.9 Å². The van der Waals surface area contributed by atoms with Crippen LogP contribution in [0.1, 0.15) is 12.5 Å². The van der Waals surface area contributed by atoms with E-state index < -0.39 is 5.82 Å². The highest BCUT2D eigenvalue weighted by molar-refractivity contribution is 5.62. The zero-order valence-electron chi connectivity index (χ0n) is 18.3. The van der Waals surface area contributed by atoms with Crippen LogP contribution in [0.3, 0.4) is 0 Å². The Labute approximate surface area is 191 Å². The molecular weight excluding hydrogens is 421 g/mol. The van der Waals surface area contributed by atoms with Crippen molar-refractivity contribution in [2.45, 2.75) is 19.0 Å². The fraction of sp³-hybridized carbons (Fsp3) is 0.333. The summed E-state index contributed by atoms with van der Waals surface area (Å²) in [4.78, 5) is 17.7. The third kappa shape index (κ3) is 4.49. The molecule has 1 aromatic heterocycles. The molecule has 2 aliphatic rings. The van der Waals surface area contributed by atoms with Crippen LogP contribution < -0.4 is 10.2 Å². The van der Waals surface area contributed by atoms with Gasteiger partial charge in [-0.05, 0) is 49.4 Å². The molecule has 9 heteroatoms. The minimum Gasteiger partial charge on any atom is -0.378 e. The molecule has 0 spiro atoms. The number of hydrogen-bond donors (Lipinski definition) is 1. The highest BCUT2D eigenvalue weighted by Crippen LogP contribution is 2.25. The second-order valence-electron chi connectivity index (χ2n) is 8.34. The molecule has 168 valence electrons. The molecule has 2 aliphatic heterocycles. The topological polar surface area (TPSA) is 90.2 Å². The summed E-state index contributed by atoms with van der Waals surface area (Å²) >= 11 is 0. The Bertz CT molecular complexity index is 1180. The minimum absolute atomic E-state index is 0.0471. The average molecular weight is 446 g/mol. The van der Waals surface area contributed by atoms with E-state index in [1.807, 2.05) is 18.2 Å². The number of rotatable bonds is 5. The first-order chi connectivity index (χ1) is 16.1. The minimum atomic E-state index is -0.568. The van der Waals surface area contributed by atoms with Gasteiger partial charge in [0.05, 0.1) is 24.8 Å². The summed E-state index contributed by atoms with van der Waals surface area (Å²) in [5.74, 6) is 0.173. The van der Waals surface area contributed by atoms with Crippen LogP contribution in [0.2, 0.25) is 0 Å². The van der Waals surface area contributed by atoms with Crippen LogP contribution in [-0.2, 0) is 4.74 Å². The first-order valence-corrected chi connectivity index (χ1v) is 11.0. The number of hydrogen-bond acceptors (Lipinski definition) is 8. The van der Waals surface area contributed by atoms with E-state index in [0.717, 1.165) is 38.5 Å². The maximum Gasteiger partial charge on any atom is 0.230 e. The zero-order valence-corrected chi connectivity index (χ0v) is 18.3. The number of anilines is 3. The van der Waals surface area contributed by atoms with Crippen LogP contribution in [0.15, 0.2) is 48.8 Å². The standard InChI is InChI=1S/C24H24FN7O/c1-16-12-31(8-9-32(16)21-13-33-14-21)20-5-3-19(4-6-20)29-24-28-15-27-23(30-24)17-2-7-22(25)18(10-17)11-26/h2-7,10,15-16,21H,8-9,12-14H2,1H3,(H,27,28,29,30)/t16-/m0/s1. The van der Waals surface area contributed by atoms with E-state index in [4.69, 9.17) is 10.00 Å². The molecule has 2 saturated heterocycles. The third-order valence-corrected chi connectivity index (χ3v) is 6.17. The second kappa shape index (κ2) is 9.10. The van der Waals surface area contributed by atoms with Crippen LogP contribution in [0.4, 0.5) is 21.7 Å². The van der Waals surface area contributed by atoms with E-state index in [0.29, 0.717) is 29.4 Å². The van der Waals surface area contributed by atoms with Crippen LogP contribution >= 0.6 is 0 Å². The summed E-state index contributed by atoms with van der Waals surface area (Å²) < 4.78 is 19.0. The summed E-state index contributed by atoms with van der Waals surface area (Å²) in [7, 11) is 0. The Morgan fingerprint density at radius 2 is 1.94 bits per heavy atom. The number of nitrogens with zero attached hydrogens (tertiary/aromatic N) is 6. The summed E-state index contributed by atoms with van der Waals surface area (Å²) in [5.41, 5.74) is 2.54. The molecule has 0 bridgehead atoms. The quantitative estimate of drug-likeness (QED) is 0.640. The molecule has 0 unspecified atom stereocenters. The van der Waals surface area contributed by atoms with Gasteiger partial charge in [0.1, 0.15) is 18.2 Å². The predicted molar refractivity (Wildman–Crippen MR) is 123 cm³/mol. The lowest BCUT2D eigenvalue weighted by Gasteiger charge is -2.47. The van der Waals surface area contributed by atoms with Gasteiger partial charge in [-0.2, -0.15) is 10.2 Å². The highest BCUT2D eigenvalue weighted by Gasteiger charge is 2.33. The van der Waals surface area contributed by atoms with Gasteiger partial charge < -0.3 is 15.0 Å². The van der Waals surface area contributed by atoms with Gasteiger partial charge in [-0.1, -0.05) is 0 Å². The van der Waals surface area contributed by atoms with Gasteiger partial charge in [0.2, 0.25) is 5.95 Å². The number of piperazine rings is 1. The van der Waals surface area contributed by atoms with Gasteiger partial charge in [0.25, 0.3) is 0 Å². The molecule has 3 aromatic rings. The number of nitrogens with one attached hydrogen (secondary N) is 1. The zero-order chi connectivity index (χ0) is 22.8. The normalized spacial score (nSPS) is 19.1. The Morgan fingerprint density at radius 3 is 2.64 bits per heavy atom. The fourth-order valence-corrected chi connectivity index (χ4v) is 4.29. The van der Waals surface area contributed by atoms with Crippen molar-refractivity contribution in [3.63, 3.8) is 0 Å². The highest BCUT2D eigenvalue weighted by atomic mass is 19.1. The molecule has 8 nitrogen and oxygen atoms in total. The van der Waals surface area contributed by atoms with E-state index in [1.165, 1.54) is 24.1 Å². The van der Waals surface area contributed by atoms with Crippen molar-refractivity contribution in [3.8, 4) is 17.5 Å². The van der Waals surface area contributed by atoms with E-state index in [9.17, 15) is 4.39 Å². The van der Waals surface area contributed by atoms with Crippen LogP contribution in [-0.4, -0.2) is 64.8 Å². The number of nitriles is 1. The number of aromatic nitrogens is 3. The number of benzene rings is 2. The molecule has 33 heavy (non-hydrogen) atoms. The van der Waals surface area contributed by atoms with E-state index >= 15 is 0 Å². The molecule has 0 saturated carbocycles. The average Bonchev–Trinajstić information content (AvgIpc) is 2.80. The molecule has 1 N–H and O–H groups in total. The molecule has 1 atom stereocenters. The van der Waals surface area contributed by atoms with Gasteiger partial charge >= 0.3 is 0 Å². The Morgan fingerprint density at radius 1 is 1.12 bits per heavy atom. The van der Waals surface area contributed by atoms with Crippen molar-refractivity contribution in [1.29, 1.82) is 5.26 Å². The van der Waals surface area contributed by atoms with Gasteiger partial charge in [0.15, 0.2) is 5.82 Å². The van der Waals surface area contributed by atoms with Gasteiger partial charge in [0, 0.05) is 42.6 Å². The van der Waals surface area contributed by atoms with E-state index in [2.05, 4.69) is 49.1 Å². The van der Waals surface area contributed by atoms with Crippen molar-refractivity contribution in [2.24, 2.45) is 0 Å². The van der Waals surface area contributed by atoms with Crippen LogP contribution in [0, 0.1) is 17.1 Å². The van der Waals surface area contributed by atoms with Crippen molar-refractivity contribution >= 4 is 17.3 Å². The lowest BCUT2D eigenvalue weighted by molar-refractivity contribution is -0.0792. The smallest absolute Gasteiger partial charge is 0.230 e. The van der Waals surface area contributed by atoms with Crippen molar-refractivity contribution in [3.05, 3.63) is 60.2 Å². The predicted octanol–water partition coefficient (Wildman–Crippen LogP) is 3.20. The van der Waals surface area contributed by atoms with Crippen LogP contribution in [0.25, 0.3) is 11.4 Å². The Balaban J connectivity index is 1.25. The van der Waals surface area contributed by atoms with Gasteiger partial charge in [-0.25, -0.2) is 14.4 Å². The number of halogens is 1. The SMILES string of the molecule is C[C@H]1CN(c2ccc(Nc3ncnc(-c4ccc(F)c(C#N)c4)n3)cc2)CCN1C1COC1. The number of ether oxygens (including phenoxy) is 1. The monoisotopic (exact) mass is 445 g/mol. The molecule has 2 aromatic carbocycles. The maximum atomic E-state index is 13.6. The van der Waals surface area contributed by atoms with Crippen molar-refractivity contribution < 1.29 is 9.13 Å². The second-order valence-corrected chi connectivity index (χ2v) is 8.34. The summed E-state index contributed by atoms with van der Waals surface area (Å²) in [6.45, 7) is 7.00. The van der Waals surface area contributed by atoms with Gasteiger partial charge in [-0.15, -0.1) is 0 Å². The lowest BCUT2D eigenvalue weighted by Crippen LogP contribution is -2.60. The van der Waals surface area contributed by atoms with E-state index in [1.54, 1.807) is 6.07 Å². The van der Waals surface area contributed by atoms with Gasteiger partial charge in [-0.3, -0.25) is 4.90 Å². The molecule has 2 fully saturated rings. The summed E-state index contributed by atoms with van der Waals surface area (Å²) in [6.07, 6.45) is 1.39. The molecule has 0 amide bonds. The third-order valence-electron chi connectivity index (χ3n) is 6.17. The summed E-state index contributed by atoms with van der Waals surface area (Å²) in [6, 6.07) is 15.3. The Kier molecular flexibility index (Phi) is 5.86. The molecular formula is C24H24FN7O. The molecule has 0 radical (unpaired) electrons. The largest absolute Gasteiger partial charge is 0.378 e. The molecule has 0 aliphatic carbocycles. The maximum absolute atomic E-state index is 13.6. The fourth-order valence-electron chi connectivity index (χ4n) is 4.29. The first kappa shape index (κ1) is 21.2. The lowest BCUT2D eigenvalue weighted by atomic mass is 10.1. The first-order valence-electron chi connectivity index (χ1n) is 11.0. The molecule has 3 heterocycles.